The second-order valence-electron chi connectivity index (χ2n) is 25.9. The first-order valence-electron chi connectivity index (χ1n) is 34.5. The predicted molar refractivity (Wildman–Crippen MR) is 364 cm³/mol. The van der Waals surface area contributed by atoms with Crippen LogP contribution in [0.4, 0.5) is 0 Å². The molecule has 4 aliphatic heterocycles. The van der Waals surface area contributed by atoms with Crippen LogP contribution in [0.15, 0.2) is 152 Å². The van der Waals surface area contributed by atoms with E-state index >= 15 is 14.4 Å². The summed E-state index contributed by atoms with van der Waals surface area (Å²) in [6.07, 6.45) is 10.2. The Morgan fingerprint density at radius 3 is 1.49 bits per heavy atom. The molecule has 5 aromatic rings. The lowest BCUT2D eigenvalue weighted by Gasteiger charge is -2.38. The molecule has 0 spiro atoms. The third-order valence-corrected chi connectivity index (χ3v) is 20.0. The number of hydrogen-bond donors (Lipinski definition) is 9. The lowest BCUT2D eigenvalue weighted by Crippen LogP contribution is -2.62. The van der Waals surface area contributed by atoms with Crippen LogP contribution in [0, 0.1) is 11.8 Å². The first-order valence-corrected chi connectivity index (χ1v) is 34.5. The summed E-state index contributed by atoms with van der Waals surface area (Å²) in [5.41, 5.74) is 2.44. The Morgan fingerprint density at radius 2 is 0.968 bits per heavy atom. The van der Waals surface area contributed by atoms with E-state index in [2.05, 4.69) is 60.0 Å². The Balaban J connectivity index is 0.797. The van der Waals surface area contributed by atoms with Crippen LogP contribution in [0.25, 0.3) is 0 Å². The number of unbranched alkanes of at least 4 members (excludes halogenated alkanes) is 4. The second-order valence-corrected chi connectivity index (χ2v) is 25.9. The first kappa shape index (κ1) is 70.1. The molecule has 10 atom stereocenters. The molecule has 502 valence electrons. The molecule has 94 heavy (non-hydrogen) atoms. The molecule has 4 aliphatic rings. The van der Waals surface area contributed by atoms with Gasteiger partial charge in [0.2, 0.25) is 41.4 Å². The van der Waals surface area contributed by atoms with Gasteiger partial charge in [0.05, 0.1) is 18.1 Å². The summed E-state index contributed by atoms with van der Waals surface area (Å²) < 4.78 is 0. The van der Waals surface area contributed by atoms with Crippen molar-refractivity contribution in [1.82, 2.24) is 57.7 Å². The van der Waals surface area contributed by atoms with Gasteiger partial charge in [-0.1, -0.05) is 185 Å². The summed E-state index contributed by atoms with van der Waals surface area (Å²) in [5.74, 6) is -3.01. The van der Waals surface area contributed by atoms with E-state index in [9.17, 15) is 24.0 Å². The molecule has 4 fully saturated rings. The van der Waals surface area contributed by atoms with Gasteiger partial charge in [-0.15, -0.1) is 0 Å². The molecular weight excluding hydrogens is 1180 g/mol. The van der Waals surface area contributed by atoms with E-state index in [0.29, 0.717) is 114 Å². The fraction of sp³-hybridized carbons (Fsp3) is 0.493. The molecule has 9 rings (SSSR count). The molecule has 0 bridgehead atoms. The quantitative estimate of drug-likeness (QED) is 0.0195. The summed E-state index contributed by atoms with van der Waals surface area (Å²) in [6, 6.07) is 42.8. The zero-order chi connectivity index (χ0) is 66.4. The van der Waals surface area contributed by atoms with Gasteiger partial charge in [0.1, 0.15) is 24.2 Å². The lowest BCUT2D eigenvalue weighted by atomic mass is 9.81. The molecule has 9 N–H and O–H groups in total. The average Bonchev–Trinajstić information content (AvgIpc) is 1.22. The predicted octanol–water partition coefficient (Wildman–Crippen LogP) is 7.21. The molecule has 0 unspecified atom stereocenters. The van der Waals surface area contributed by atoms with Gasteiger partial charge in [-0.25, -0.2) is 0 Å². The molecule has 0 saturated carbocycles. The van der Waals surface area contributed by atoms with Crippen molar-refractivity contribution in [3.8, 4) is 0 Å². The van der Waals surface area contributed by atoms with Gasteiger partial charge in [-0.2, -0.15) is 0 Å². The minimum absolute atomic E-state index is 0.150. The van der Waals surface area contributed by atoms with Gasteiger partial charge < -0.3 is 57.7 Å². The Bertz CT molecular complexity index is 3190. The van der Waals surface area contributed by atoms with Gasteiger partial charge in [0, 0.05) is 44.1 Å². The Labute approximate surface area is 555 Å². The molecule has 5 aromatic carbocycles. The van der Waals surface area contributed by atoms with E-state index < -0.39 is 65.6 Å². The Kier molecular flexibility index (Phi) is 25.9. The van der Waals surface area contributed by atoms with Gasteiger partial charge in [0.15, 0.2) is 5.54 Å². The van der Waals surface area contributed by atoms with Crippen molar-refractivity contribution in [3.63, 3.8) is 0 Å². The van der Waals surface area contributed by atoms with E-state index in [1.165, 1.54) is 0 Å². The topological polar surface area (TPSA) is 251 Å². The third-order valence-electron chi connectivity index (χ3n) is 20.0. The summed E-state index contributed by atoms with van der Waals surface area (Å²) >= 11 is 0. The van der Waals surface area contributed by atoms with Crippen molar-refractivity contribution in [2.45, 2.75) is 189 Å². The van der Waals surface area contributed by atoms with E-state index in [0.717, 1.165) is 36.0 Å². The van der Waals surface area contributed by atoms with Crippen LogP contribution in [0.2, 0.25) is 0 Å². The van der Waals surface area contributed by atoms with Crippen molar-refractivity contribution >= 4 is 47.3 Å². The molecular formula is C75H99N11O8. The van der Waals surface area contributed by atoms with Crippen LogP contribution in [-0.4, -0.2) is 139 Å². The molecule has 19 nitrogen and oxygen atoms in total. The smallest absolute Gasteiger partial charge is 0.255 e. The Morgan fingerprint density at radius 1 is 0.511 bits per heavy atom. The zero-order valence-corrected chi connectivity index (χ0v) is 55.3. The number of carbonyl (C=O) groups is 8. The molecule has 0 aromatic heterocycles. The standard InChI is InChI=1S/C75H99N11O8/c1-5-60(76-3)68(88)82-66-54(46-48-78-49-51-27-15-10-16-28-51)38-40-58-43-45-63(86(58)72(66)92)71(91)84-75(56-33-21-13-22-34-56,57-35-23-14-24-36-57)74(94)79-47-26-9-7-8-25-37-64(87)80-50-55-39-41-59-42-44-62(85(59)73(93)67(55)83-69(89)61(6-2)77-4)70(90)81-65(52-29-17-11-18-30-52)53-31-19-12-20-32-53/h10-24,27-36,54-55,58-63,65-67,76-78H,5-9,25-26,37-50H2,1-4H3,(H,79,94)(H,80,87)(H,81,90)(H,82,88)(H,83,89)(H,84,91)/t54-,55-,58+,59+,60+,61+,62+,63+,66+,67+/m1/s1. The van der Waals surface area contributed by atoms with Gasteiger partial charge in [-0.05, 0) is 138 Å². The van der Waals surface area contributed by atoms with E-state index in [1.807, 2.05) is 153 Å². The van der Waals surface area contributed by atoms with Crippen LogP contribution in [0.3, 0.4) is 0 Å². The molecule has 8 amide bonds. The number of amides is 8. The number of hydrogen-bond acceptors (Lipinski definition) is 11. The molecule has 4 heterocycles. The van der Waals surface area contributed by atoms with Gasteiger partial charge >= 0.3 is 0 Å². The summed E-state index contributed by atoms with van der Waals surface area (Å²) in [6.45, 7) is 5.63. The highest BCUT2D eigenvalue weighted by Crippen LogP contribution is 2.39. The Hall–Kier alpha value is -8.26. The first-order chi connectivity index (χ1) is 45.8. The van der Waals surface area contributed by atoms with Crippen molar-refractivity contribution in [2.24, 2.45) is 11.8 Å². The SMILES string of the molecule is CC[C@H](NC)C(=O)N[C@@H]1C(=O)N2[C@@H](CC[C@@H]1CNC(=O)CCCCCCCNC(=O)C(NC(=O)[C@@H]1CC[C@@H]3CC[C@H](CCNCc4ccccc4)[C@H](NC(=O)[C@H](CC)NC)C(=O)N31)(c1ccccc1)c1ccccc1)CC[C@H]2C(=O)NC(c1ccccc1)c1ccccc1. The number of carbonyl (C=O) groups excluding carboxylic acids is 8. The monoisotopic (exact) mass is 1280 g/mol. The van der Waals surface area contributed by atoms with Crippen LogP contribution < -0.4 is 47.9 Å². The maximum Gasteiger partial charge on any atom is 0.255 e. The maximum absolute atomic E-state index is 15.3. The van der Waals surface area contributed by atoms with Crippen LogP contribution in [0.5, 0.6) is 0 Å². The average molecular weight is 1280 g/mol. The second kappa shape index (κ2) is 34.8. The van der Waals surface area contributed by atoms with Crippen LogP contribution >= 0.6 is 0 Å². The van der Waals surface area contributed by atoms with Gasteiger partial charge in [-0.3, -0.25) is 38.4 Å². The van der Waals surface area contributed by atoms with E-state index in [4.69, 9.17) is 0 Å². The van der Waals surface area contributed by atoms with Crippen molar-refractivity contribution in [1.29, 1.82) is 0 Å². The van der Waals surface area contributed by atoms with Crippen LogP contribution in [-0.2, 0) is 50.4 Å². The summed E-state index contributed by atoms with van der Waals surface area (Å²) in [7, 11) is 3.44. The lowest BCUT2D eigenvalue weighted by molar-refractivity contribution is -0.145. The number of rotatable bonds is 32. The molecule has 19 heteroatoms. The molecule has 0 aliphatic carbocycles. The molecule has 4 saturated heterocycles. The van der Waals surface area contributed by atoms with E-state index in [-0.39, 0.29) is 66.4 Å². The van der Waals surface area contributed by atoms with E-state index in [1.54, 1.807) is 23.9 Å². The third kappa shape index (κ3) is 17.4. The zero-order valence-electron chi connectivity index (χ0n) is 55.3. The number of nitrogens with zero attached hydrogens (tertiary/aromatic N) is 2. The van der Waals surface area contributed by atoms with Crippen molar-refractivity contribution < 1.29 is 38.4 Å². The maximum atomic E-state index is 15.3. The highest BCUT2D eigenvalue weighted by Gasteiger charge is 2.52. The van der Waals surface area contributed by atoms with Crippen LogP contribution in [0.1, 0.15) is 157 Å². The largest absolute Gasteiger partial charge is 0.356 e. The van der Waals surface area contributed by atoms with Gasteiger partial charge in [0.25, 0.3) is 5.91 Å². The highest BCUT2D eigenvalue weighted by atomic mass is 16.2. The fourth-order valence-corrected chi connectivity index (χ4v) is 14.7. The minimum Gasteiger partial charge on any atom is -0.356 e. The number of likely N-dealkylation sites (N-methyl/N-ethyl adjacent to an activating group) is 2. The number of fused-ring (bicyclic) bond motifs is 2. The summed E-state index contributed by atoms with van der Waals surface area (Å²) in [5, 5.41) is 28.7. The number of nitrogens with one attached hydrogen (secondary N) is 9. The fourth-order valence-electron chi connectivity index (χ4n) is 14.7. The van der Waals surface area contributed by atoms with Crippen molar-refractivity contribution in [2.75, 3.05) is 33.7 Å². The minimum atomic E-state index is -1.67. The van der Waals surface area contributed by atoms with Crippen molar-refractivity contribution in [3.05, 3.63) is 179 Å². The normalized spacial score (nSPS) is 21.8. The number of benzene rings is 5. The molecule has 0 radical (unpaired) electrons. The highest BCUT2D eigenvalue weighted by molar-refractivity contribution is 5.99. The summed E-state index contributed by atoms with van der Waals surface area (Å²) in [4.78, 5) is 119.